The van der Waals surface area contributed by atoms with E-state index in [0.717, 1.165) is 24.2 Å². The van der Waals surface area contributed by atoms with Crippen LogP contribution in [0.5, 0.6) is 5.75 Å². The number of methoxy groups -OCH3 is 1. The normalized spacial score (nSPS) is 17.3. The van der Waals surface area contributed by atoms with Gasteiger partial charge >= 0.3 is 0 Å². The molecule has 0 aromatic heterocycles. The number of hydrogen-bond donors (Lipinski definition) is 0. The number of halogens is 2. The van der Waals surface area contributed by atoms with Crippen molar-refractivity contribution in [3.05, 3.63) is 100 Å². The van der Waals surface area contributed by atoms with Gasteiger partial charge in [-0.05, 0) is 35.9 Å². The van der Waals surface area contributed by atoms with E-state index in [1.165, 1.54) is 28.1 Å². The first-order valence-electron chi connectivity index (χ1n) is 13.6. The Kier molecular flexibility index (Phi) is 9.28. The van der Waals surface area contributed by atoms with Crippen LogP contribution in [0.4, 0.5) is 4.39 Å². The first-order valence-corrected chi connectivity index (χ1v) is 13.9. The van der Waals surface area contributed by atoms with Crippen molar-refractivity contribution in [3.63, 3.8) is 0 Å². The van der Waals surface area contributed by atoms with Crippen LogP contribution in [0.3, 0.4) is 0 Å². The minimum absolute atomic E-state index is 0.0769. The number of hydrogen-bond acceptors (Lipinski definition) is 6. The predicted molar refractivity (Wildman–Crippen MR) is 155 cm³/mol. The largest absolute Gasteiger partial charge is 0.497 e. The fraction of sp³-hybridized carbons (Fsp3) is 0.323. The van der Waals surface area contributed by atoms with Crippen LogP contribution in [-0.2, 0) is 9.53 Å². The van der Waals surface area contributed by atoms with E-state index in [9.17, 15) is 14.0 Å². The monoisotopic (exact) mass is 578 g/mol. The van der Waals surface area contributed by atoms with Crippen molar-refractivity contribution in [1.29, 1.82) is 0 Å². The summed E-state index contributed by atoms with van der Waals surface area (Å²) >= 11 is 6.57. The van der Waals surface area contributed by atoms with Crippen LogP contribution in [-0.4, -0.2) is 85.4 Å². The minimum atomic E-state index is -0.630. The van der Waals surface area contributed by atoms with Gasteiger partial charge in [0.1, 0.15) is 18.1 Å². The molecule has 2 aliphatic heterocycles. The first kappa shape index (κ1) is 28.7. The molecule has 0 spiro atoms. The molecule has 2 heterocycles. The number of rotatable bonds is 9. The van der Waals surface area contributed by atoms with Crippen LogP contribution in [0.25, 0.3) is 0 Å². The lowest BCUT2D eigenvalue weighted by atomic mass is 9.98. The van der Waals surface area contributed by atoms with E-state index < -0.39 is 17.8 Å². The van der Waals surface area contributed by atoms with Gasteiger partial charge in [-0.2, -0.15) is 5.10 Å². The lowest BCUT2D eigenvalue weighted by molar-refractivity contribution is -0.133. The molecular weight excluding hydrogens is 547 g/mol. The van der Waals surface area contributed by atoms with E-state index >= 15 is 0 Å². The van der Waals surface area contributed by atoms with Crippen LogP contribution in [0.1, 0.15) is 33.9 Å². The van der Waals surface area contributed by atoms with Gasteiger partial charge in [0.2, 0.25) is 0 Å². The zero-order chi connectivity index (χ0) is 28.8. The summed E-state index contributed by atoms with van der Waals surface area (Å²) in [6.45, 7) is 3.17. The highest BCUT2D eigenvalue weighted by Crippen LogP contribution is 2.36. The third-order valence-corrected chi connectivity index (χ3v) is 7.68. The van der Waals surface area contributed by atoms with E-state index in [4.69, 9.17) is 26.2 Å². The van der Waals surface area contributed by atoms with Gasteiger partial charge in [-0.15, -0.1) is 0 Å². The van der Waals surface area contributed by atoms with Gasteiger partial charge in [0, 0.05) is 43.2 Å². The van der Waals surface area contributed by atoms with E-state index in [1.807, 2.05) is 42.5 Å². The summed E-state index contributed by atoms with van der Waals surface area (Å²) in [5, 5.41) is 6.66. The van der Waals surface area contributed by atoms with E-state index in [-0.39, 0.29) is 24.6 Å². The van der Waals surface area contributed by atoms with Crippen LogP contribution in [0, 0.1) is 5.82 Å². The van der Waals surface area contributed by atoms with Crippen LogP contribution < -0.4 is 4.74 Å². The molecule has 10 heteroatoms. The maximum Gasteiger partial charge on any atom is 0.262 e. The molecule has 0 N–H and O–H groups in total. The molecule has 0 radical (unpaired) electrons. The Bertz CT molecular complexity index is 1430. The number of hydrazone groups is 1. The second-order valence-electron chi connectivity index (χ2n) is 9.92. The third kappa shape index (κ3) is 6.75. The number of ether oxygens (including phenoxy) is 2. The summed E-state index contributed by atoms with van der Waals surface area (Å²) in [4.78, 5) is 31.1. The second kappa shape index (κ2) is 13.2. The van der Waals surface area contributed by atoms with Gasteiger partial charge in [0.25, 0.3) is 11.8 Å². The lowest BCUT2D eigenvalue weighted by Crippen LogP contribution is -2.46. The Hall–Kier alpha value is -3.79. The van der Waals surface area contributed by atoms with Crippen molar-refractivity contribution in [2.24, 2.45) is 5.10 Å². The second-order valence-corrected chi connectivity index (χ2v) is 10.3. The van der Waals surface area contributed by atoms with E-state index in [1.54, 1.807) is 19.2 Å². The van der Waals surface area contributed by atoms with Crippen LogP contribution in [0.15, 0.2) is 77.9 Å². The number of amides is 2. The predicted octanol–water partition coefficient (Wildman–Crippen LogP) is 4.64. The van der Waals surface area contributed by atoms with Gasteiger partial charge in [-0.1, -0.05) is 54.1 Å². The van der Waals surface area contributed by atoms with Crippen molar-refractivity contribution in [3.8, 4) is 5.75 Å². The highest BCUT2D eigenvalue weighted by atomic mass is 35.5. The Morgan fingerprint density at radius 1 is 1.07 bits per heavy atom. The number of benzene rings is 3. The van der Waals surface area contributed by atoms with Crippen LogP contribution in [0.2, 0.25) is 5.02 Å². The topological polar surface area (TPSA) is 74.7 Å². The van der Waals surface area contributed by atoms with Crippen LogP contribution >= 0.6 is 11.6 Å². The molecule has 3 aromatic rings. The Morgan fingerprint density at radius 2 is 1.83 bits per heavy atom. The molecule has 0 bridgehead atoms. The maximum absolute atomic E-state index is 14.6. The summed E-state index contributed by atoms with van der Waals surface area (Å²) in [5.74, 6) is -0.890. The lowest BCUT2D eigenvalue weighted by Gasteiger charge is -2.31. The molecule has 0 unspecified atom stereocenters. The van der Waals surface area contributed by atoms with Gasteiger partial charge < -0.3 is 14.4 Å². The zero-order valence-electron chi connectivity index (χ0n) is 22.8. The van der Waals surface area contributed by atoms with Gasteiger partial charge in [0.15, 0.2) is 0 Å². The van der Waals surface area contributed by atoms with Crippen molar-refractivity contribution in [2.45, 2.75) is 12.5 Å². The Balaban J connectivity index is 1.44. The van der Waals surface area contributed by atoms with E-state index in [2.05, 4.69) is 4.90 Å². The third-order valence-electron chi connectivity index (χ3n) is 7.34. The molecule has 0 aliphatic carbocycles. The summed E-state index contributed by atoms with van der Waals surface area (Å²) in [6.07, 6.45) is 0.428. The standard InChI is InChI=1S/C31H32ClFN4O4/c1-40-23-8-6-7-22(19-23)28-20-29(24-9-2-4-11-26(24)32)37(34-28)30(38)21-36(14-13-35-15-17-41-18-16-35)31(39)25-10-3-5-12-27(25)33/h2-12,19,29H,13-18,20-21H2,1H3/t29-/m0/s1. The number of morpholine rings is 1. The number of carbonyl (C=O) groups excluding carboxylic acids is 2. The SMILES string of the molecule is COc1cccc(C2=NN(C(=O)CN(CCN3CCOCC3)C(=O)c3ccccc3F)[C@H](c3ccccc3Cl)C2)c1. The molecule has 1 saturated heterocycles. The smallest absolute Gasteiger partial charge is 0.262 e. The molecule has 2 amide bonds. The summed E-state index contributed by atoms with van der Waals surface area (Å²) in [5.41, 5.74) is 2.20. The molecule has 8 nitrogen and oxygen atoms in total. The molecule has 5 rings (SSSR count). The highest BCUT2D eigenvalue weighted by molar-refractivity contribution is 6.31. The van der Waals surface area contributed by atoms with Crippen molar-refractivity contribution < 1.29 is 23.5 Å². The molecule has 3 aromatic carbocycles. The first-order chi connectivity index (χ1) is 19.9. The zero-order valence-corrected chi connectivity index (χ0v) is 23.6. The fourth-order valence-electron chi connectivity index (χ4n) is 5.08. The molecule has 1 fully saturated rings. The van der Waals surface area contributed by atoms with Gasteiger partial charge in [-0.25, -0.2) is 9.40 Å². The van der Waals surface area contributed by atoms with Crippen molar-refractivity contribution in [2.75, 3.05) is 53.0 Å². The average molecular weight is 579 g/mol. The Morgan fingerprint density at radius 3 is 2.59 bits per heavy atom. The van der Waals surface area contributed by atoms with Gasteiger partial charge in [0.05, 0.1) is 37.6 Å². The molecule has 2 aliphatic rings. The summed E-state index contributed by atoms with van der Waals surface area (Å²) in [7, 11) is 1.59. The maximum atomic E-state index is 14.6. The Labute approximate surface area is 243 Å². The highest BCUT2D eigenvalue weighted by Gasteiger charge is 2.36. The minimum Gasteiger partial charge on any atom is -0.497 e. The molecule has 41 heavy (non-hydrogen) atoms. The summed E-state index contributed by atoms with van der Waals surface area (Å²) < 4.78 is 25.5. The summed E-state index contributed by atoms with van der Waals surface area (Å²) in [6, 6.07) is 20.2. The van der Waals surface area contributed by atoms with Crippen molar-refractivity contribution >= 4 is 29.1 Å². The fourth-order valence-corrected chi connectivity index (χ4v) is 5.35. The molecule has 1 atom stereocenters. The number of carbonyl (C=O) groups is 2. The molecule has 0 saturated carbocycles. The van der Waals surface area contributed by atoms with Gasteiger partial charge in [-0.3, -0.25) is 14.5 Å². The average Bonchev–Trinajstić information content (AvgIpc) is 3.45. The molecular formula is C31H32ClFN4O4. The quantitative estimate of drug-likeness (QED) is 0.370. The van der Waals surface area contributed by atoms with E-state index in [0.29, 0.717) is 42.7 Å². The molecule has 214 valence electrons. The number of nitrogens with zero attached hydrogens (tertiary/aromatic N) is 4. The van der Waals surface area contributed by atoms with Crippen molar-refractivity contribution in [1.82, 2.24) is 14.8 Å².